The summed E-state index contributed by atoms with van der Waals surface area (Å²) in [6.07, 6.45) is 3.24. The maximum Gasteiger partial charge on any atom is 0.340 e. The summed E-state index contributed by atoms with van der Waals surface area (Å²) in [5.74, 6) is -1.04. The highest BCUT2D eigenvalue weighted by Crippen LogP contribution is 2.36. The number of methoxy groups -OCH3 is 1. The van der Waals surface area contributed by atoms with Gasteiger partial charge in [-0.05, 0) is 48.9 Å². The van der Waals surface area contributed by atoms with Crippen LogP contribution < -0.4 is 9.64 Å². The van der Waals surface area contributed by atoms with E-state index in [0.29, 0.717) is 29.3 Å². The molecule has 0 fully saturated rings. The number of anilines is 1. The molecular weight excluding hydrogens is 409 g/mol. The van der Waals surface area contributed by atoms with Crippen molar-refractivity contribution in [3.63, 3.8) is 0 Å². The summed E-state index contributed by atoms with van der Waals surface area (Å²) in [6, 6.07) is 11.0. The number of rotatable bonds is 6. The third kappa shape index (κ3) is 4.14. The summed E-state index contributed by atoms with van der Waals surface area (Å²) in [5, 5.41) is -0.125. The van der Waals surface area contributed by atoms with E-state index in [0.717, 1.165) is 0 Å². The van der Waals surface area contributed by atoms with Crippen LogP contribution in [0, 0.1) is 5.82 Å². The number of carbonyl (C=O) groups excluding carboxylic acids is 2. The van der Waals surface area contributed by atoms with Gasteiger partial charge in [0.1, 0.15) is 18.2 Å². The van der Waals surface area contributed by atoms with E-state index in [1.807, 2.05) is 0 Å². The minimum atomic E-state index is -0.645. The van der Waals surface area contributed by atoms with Crippen LogP contribution in [0.2, 0.25) is 5.02 Å². The molecule has 1 amide bonds. The maximum atomic E-state index is 13.6. The van der Waals surface area contributed by atoms with Crippen LogP contribution in [0.1, 0.15) is 12.5 Å². The number of halogens is 2. The lowest BCUT2D eigenvalue weighted by Crippen LogP contribution is -2.24. The summed E-state index contributed by atoms with van der Waals surface area (Å²) < 4.78 is 23.9. The highest BCUT2D eigenvalue weighted by molar-refractivity contribution is 6.31. The van der Waals surface area contributed by atoms with E-state index in [-0.39, 0.29) is 16.2 Å². The quantitative estimate of drug-likeness (QED) is 0.373. The summed E-state index contributed by atoms with van der Waals surface area (Å²) in [7, 11) is 1.24. The molecule has 2 aromatic carbocycles. The van der Waals surface area contributed by atoms with Gasteiger partial charge in [0.15, 0.2) is 0 Å². The lowest BCUT2D eigenvalue weighted by molar-refractivity contribution is -0.136. The molecular formula is C23H19ClFNO4. The Morgan fingerprint density at radius 1 is 1.23 bits per heavy atom. The molecule has 0 radical (unpaired) electrons. The van der Waals surface area contributed by atoms with E-state index in [1.54, 1.807) is 43.3 Å². The van der Waals surface area contributed by atoms with Gasteiger partial charge in [0, 0.05) is 5.70 Å². The second-order valence-electron chi connectivity index (χ2n) is 6.42. The molecule has 5 nitrogen and oxygen atoms in total. The smallest absolute Gasteiger partial charge is 0.340 e. The molecule has 154 valence electrons. The number of carbonyl (C=O) groups is 2. The van der Waals surface area contributed by atoms with Gasteiger partial charge in [-0.1, -0.05) is 36.4 Å². The molecule has 0 unspecified atom stereocenters. The first-order valence-electron chi connectivity index (χ1n) is 9.02. The van der Waals surface area contributed by atoms with Gasteiger partial charge < -0.3 is 9.47 Å². The number of hydrogen-bond acceptors (Lipinski definition) is 4. The van der Waals surface area contributed by atoms with Crippen molar-refractivity contribution >= 4 is 35.2 Å². The van der Waals surface area contributed by atoms with E-state index in [4.69, 9.17) is 21.1 Å². The lowest BCUT2D eigenvalue weighted by atomic mass is 10.0. The standard InChI is InChI=1S/C23H19ClFNO4/c1-4-11-30-17-8-5-15(6-9-17)12-18-21(23(28)29-3)14(2)26(22(18)27)16-7-10-20(25)19(24)13-16/h4-10,12-13H,1,11H2,2-3H3/b18-12-. The number of allylic oxidation sites excluding steroid dienone is 1. The zero-order chi connectivity index (χ0) is 21.8. The van der Waals surface area contributed by atoms with Crippen LogP contribution in [0.25, 0.3) is 6.08 Å². The average molecular weight is 428 g/mol. The minimum Gasteiger partial charge on any atom is -0.490 e. The van der Waals surface area contributed by atoms with Crippen molar-refractivity contribution in [2.75, 3.05) is 18.6 Å². The van der Waals surface area contributed by atoms with Gasteiger partial charge in [0.05, 0.1) is 29.0 Å². The third-order valence-corrected chi connectivity index (χ3v) is 4.80. The molecule has 1 aliphatic heterocycles. The molecule has 1 aliphatic rings. The molecule has 0 saturated heterocycles. The molecule has 30 heavy (non-hydrogen) atoms. The number of ether oxygens (including phenoxy) is 2. The Bertz CT molecular complexity index is 1070. The number of nitrogens with zero attached hydrogens (tertiary/aromatic N) is 1. The van der Waals surface area contributed by atoms with Gasteiger partial charge >= 0.3 is 5.97 Å². The van der Waals surface area contributed by atoms with Crippen LogP contribution in [0.4, 0.5) is 10.1 Å². The topological polar surface area (TPSA) is 55.8 Å². The Morgan fingerprint density at radius 2 is 1.93 bits per heavy atom. The van der Waals surface area contributed by atoms with E-state index in [2.05, 4.69) is 6.58 Å². The fraction of sp³-hybridized carbons (Fsp3) is 0.130. The van der Waals surface area contributed by atoms with Crippen LogP contribution in [0.5, 0.6) is 5.75 Å². The number of amides is 1. The molecule has 3 rings (SSSR count). The van der Waals surface area contributed by atoms with Gasteiger partial charge in [-0.2, -0.15) is 0 Å². The van der Waals surface area contributed by atoms with Gasteiger partial charge in [0.25, 0.3) is 5.91 Å². The largest absolute Gasteiger partial charge is 0.490 e. The predicted octanol–water partition coefficient (Wildman–Crippen LogP) is 4.92. The van der Waals surface area contributed by atoms with Crippen molar-refractivity contribution in [3.8, 4) is 5.75 Å². The average Bonchev–Trinajstić information content (AvgIpc) is 2.98. The molecule has 0 N–H and O–H groups in total. The molecule has 2 aromatic rings. The Hall–Kier alpha value is -3.38. The number of benzene rings is 2. The fourth-order valence-electron chi connectivity index (χ4n) is 3.10. The number of hydrogen-bond donors (Lipinski definition) is 0. The van der Waals surface area contributed by atoms with Crippen LogP contribution in [-0.2, 0) is 14.3 Å². The lowest BCUT2D eigenvalue weighted by Gasteiger charge is -2.18. The summed E-state index contributed by atoms with van der Waals surface area (Å²) in [5.41, 5.74) is 1.71. The molecule has 0 bridgehead atoms. The van der Waals surface area contributed by atoms with Crippen LogP contribution in [0.3, 0.4) is 0 Å². The maximum absolute atomic E-state index is 13.6. The Balaban J connectivity index is 2.03. The first-order chi connectivity index (χ1) is 14.4. The van der Waals surface area contributed by atoms with Gasteiger partial charge in [-0.25, -0.2) is 9.18 Å². The summed E-state index contributed by atoms with van der Waals surface area (Å²) >= 11 is 5.88. The van der Waals surface area contributed by atoms with Crippen molar-refractivity contribution in [1.82, 2.24) is 0 Å². The molecule has 0 spiro atoms. The zero-order valence-electron chi connectivity index (χ0n) is 16.4. The highest BCUT2D eigenvalue weighted by Gasteiger charge is 2.38. The molecule has 0 aromatic heterocycles. The van der Waals surface area contributed by atoms with Crippen LogP contribution in [0.15, 0.2) is 72.0 Å². The first kappa shape index (κ1) is 21.3. The summed E-state index contributed by atoms with van der Waals surface area (Å²) in [6.45, 7) is 5.59. The third-order valence-electron chi connectivity index (χ3n) is 4.51. The van der Waals surface area contributed by atoms with Crippen molar-refractivity contribution < 1.29 is 23.5 Å². The normalized spacial score (nSPS) is 15.0. The Morgan fingerprint density at radius 3 is 2.53 bits per heavy atom. The van der Waals surface area contributed by atoms with Crippen molar-refractivity contribution in [1.29, 1.82) is 0 Å². The molecule has 0 atom stereocenters. The zero-order valence-corrected chi connectivity index (χ0v) is 17.2. The predicted molar refractivity (Wildman–Crippen MR) is 114 cm³/mol. The van der Waals surface area contributed by atoms with E-state index in [9.17, 15) is 14.0 Å². The SMILES string of the molecule is C=CCOc1ccc(/C=C2\C(=O)N(c3ccc(F)c(Cl)c3)C(C)=C2C(=O)OC)cc1. The van der Waals surface area contributed by atoms with Crippen LogP contribution >= 0.6 is 11.6 Å². The highest BCUT2D eigenvalue weighted by atomic mass is 35.5. The van der Waals surface area contributed by atoms with E-state index >= 15 is 0 Å². The van der Waals surface area contributed by atoms with Crippen LogP contribution in [-0.4, -0.2) is 25.6 Å². The minimum absolute atomic E-state index is 0.125. The molecule has 0 saturated carbocycles. The molecule has 7 heteroatoms. The van der Waals surface area contributed by atoms with E-state index < -0.39 is 17.7 Å². The first-order valence-corrected chi connectivity index (χ1v) is 9.39. The van der Waals surface area contributed by atoms with Crippen molar-refractivity contribution in [3.05, 3.63) is 88.4 Å². The fourth-order valence-corrected chi connectivity index (χ4v) is 3.27. The molecule has 1 heterocycles. The van der Waals surface area contributed by atoms with Crippen molar-refractivity contribution in [2.45, 2.75) is 6.92 Å². The Kier molecular flexibility index (Phi) is 6.37. The van der Waals surface area contributed by atoms with Gasteiger partial charge in [0.2, 0.25) is 0 Å². The van der Waals surface area contributed by atoms with E-state index in [1.165, 1.54) is 30.2 Å². The monoisotopic (exact) mass is 427 g/mol. The second kappa shape index (κ2) is 8.97. The van der Waals surface area contributed by atoms with Gasteiger partial charge in [-0.15, -0.1) is 0 Å². The van der Waals surface area contributed by atoms with Crippen molar-refractivity contribution in [2.24, 2.45) is 0 Å². The summed E-state index contributed by atoms with van der Waals surface area (Å²) in [4.78, 5) is 26.9. The second-order valence-corrected chi connectivity index (χ2v) is 6.82. The number of esters is 1. The Labute approximate surface area is 178 Å². The van der Waals surface area contributed by atoms with Gasteiger partial charge in [-0.3, -0.25) is 9.69 Å². The molecule has 0 aliphatic carbocycles.